The Morgan fingerprint density at radius 3 is 1.67 bits per heavy atom. The maximum Gasteiger partial charge on any atom is 0.328 e. The number of benzene rings is 3. The molecule has 0 aliphatic carbocycles. The van der Waals surface area contributed by atoms with Crippen LogP contribution in [0.25, 0.3) is 6.08 Å². The van der Waals surface area contributed by atoms with Crippen molar-refractivity contribution in [1.29, 1.82) is 0 Å². The van der Waals surface area contributed by atoms with Crippen molar-refractivity contribution in [3.8, 4) is 0 Å². The summed E-state index contributed by atoms with van der Waals surface area (Å²) >= 11 is 0. The SMILES string of the molecule is Cc1nc(C(c2ccccc2)(c2ccccc2)c2ccccc2)[nH]c1C=CC(=O)O. The molecule has 148 valence electrons. The third-order valence-corrected chi connectivity index (χ3v) is 5.29. The van der Waals surface area contributed by atoms with Gasteiger partial charge in [0.25, 0.3) is 0 Å². The molecule has 4 aromatic rings. The van der Waals surface area contributed by atoms with E-state index in [1.54, 1.807) is 6.08 Å². The maximum absolute atomic E-state index is 11.0. The van der Waals surface area contributed by atoms with Gasteiger partial charge in [-0.05, 0) is 29.7 Å². The van der Waals surface area contributed by atoms with Gasteiger partial charge in [-0.2, -0.15) is 0 Å². The van der Waals surface area contributed by atoms with Crippen LogP contribution < -0.4 is 0 Å². The summed E-state index contributed by atoms with van der Waals surface area (Å²) in [6, 6.07) is 30.8. The van der Waals surface area contributed by atoms with Crippen LogP contribution in [0.15, 0.2) is 97.1 Å². The molecule has 0 unspecified atom stereocenters. The monoisotopic (exact) mass is 394 g/mol. The number of carbonyl (C=O) groups is 1. The lowest BCUT2D eigenvalue weighted by Gasteiger charge is -2.34. The molecule has 4 rings (SSSR count). The zero-order chi connectivity index (χ0) is 21.0. The van der Waals surface area contributed by atoms with Crippen LogP contribution in [0.1, 0.15) is 33.9 Å². The third-order valence-electron chi connectivity index (χ3n) is 5.29. The van der Waals surface area contributed by atoms with Gasteiger partial charge in [0.1, 0.15) is 11.2 Å². The molecule has 4 heteroatoms. The van der Waals surface area contributed by atoms with Gasteiger partial charge in [-0.3, -0.25) is 0 Å². The molecule has 0 saturated carbocycles. The molecule has 2 N–H and O–H groups in total. The summed E-state index contributed by atoms with van der Waals surface area (Å²) in [5.74, 6) is -0.250. The smallest absolute Gasteiger partial charge is 0.328 e. The van der Waals surface area contributed by atoms with Gasteiger partial charge in [0.2, 0.25) is 0 Å². The summed E-state index contributed by atoms with van der Waals surface area (Å²) in [6.45, 7) is 1.88. The second-order valence-corrected chi connectivity index (χ2v) is 7.10. The van der Waals surface area contributed by atoms with Crippen LogP contribution in [0.2, 0.25) is 0 Å². The average molecular weight is 394 g/mol. The van der Waals surface area contributed by atoms with Gasteiger partial charge < -0.3 is 10.1 Å². The first-order valence-electron chi connectivity index (χ1n) is 9.77. The first-order chi connectivity index (χ1) is 14.6. The Morgan fingerprint density at radius 2 is 1.27 bits per heavy atom. The highest BCUT2D eigenvalue weighted by atomic mass is 16.4. The molecule has 0 bridgehead atoms. The van der Waals surface area contributed by atoms with Crippen LogP contribution in [0.3, 0.4) is 0 Å². The molecule has 0 saturated heterocycles. The van der Waals surface area contributed by atoms with Crippen LogP contribution in [0.5, 0.6) is 0 Å². The zero-order valence-corrected chi connectivity index (χ0v) is 16.6. The number of hydrogen-bond donors (Lipinski definition) is 2. The van der Waals surface area contributed by atoms with Crippen molar-refractivity contribution in [2.45, 2.75) is 12.3 Å². The number of hydrogen-bond acceptors (Lipinski definition) is 2. The Morgan fingerprint density at radius 1 is 0.833 bits per heavy atom. The quantitative estimate of drug-likeness (QED) is 0.349. The fourth-order valence-electron chi connectivity index (χ4n) is 3.94. The molecule has 4 nitrogen and oxygen atoms in total. The molecule has 0 amide bonds. The Hall–Kier alpha value is -3.92. The van der Waals surface area contributed by atoms with E-state index in [0.29, 0.717) is 5.69 Å². The molecule has 0 aliphatic rings. The Labute approximate surface area is 175 Å². The van der Waals surface area contributed by atoms with Crippen molar-refractivity contribution in [2.24, 2.45) is 0 Å². The largest absolute Gasteiger partial charge is 0.478 e. The minimum absolute atomic E-state index is 0.677. The number of aliphatic carboxylic acids is 1. The highest BCUT2D eigenvalue weighted by Crippen LogP contribution is 2.43. The number of imidazole rings is 1. The predicted octanol–water partition coefficient (Wildman–Crippen LogP) is 5.20. The van der Waals surface area contributed by atoms with Gasteiger partial charge in [0.15, 0.2) is 0 Å². The topological polar surface area (TPSA) is 66.0 Å². The van der Waals surface area contributed by atoms with Gasteiger partial charge in [-0.15, -0.1) is 0 Å². The molecule has 1 aromatic heterocycles. The molecule has 0 spiro atoms. The van der Waals surface area contributed by atoms with Gasteiger partial charge in [0, 0.05) is 6.08 Å². The van der Waals surface area contributed by atoms with E-state index in [1.807, 2.05) is 61.5 Å². The van der Waals surface area contributed by atoms with Crippen LogP contribution in [-0.4, -0.2) is 21.0 Å². The average Bonchev–Trinajstić information content (AvgIpc) is 3.16. The summed E-state index contributed by atoms with van der Waals surface area (Å²) in [7, 11) is 0. The highest BCUT2D eigenvalue weighted by Gasteiger charge is 2.41. The second-order valence-electron chi connectivity index (χ2n) is 7.10. The van der Waals surface area contributed by atoms with E-state index in [0.717, 1.165) is 34.3 Å². The minimum Gasteiger partial charge on any atom is -0.478 e. The van der Waals surface area contributed by atoms with E-state index in [1.165, 1.54) is 0 Å². The molecule has 3 aromatic carbocycles. The summed E-state index contributed by atoms with van der Waals surface area (Å²) in [5, 5.41) is 9.05. The van der Waals surface area contributed by atoms with Crippen molar-refractivity contribution in [3.63, 3.8) is 0 Å². The van der Waals surface area contributed by atoms with Crippen molar-refractivity contribution in [1.82, 2.24) is 9.97 Å². The molecule has 0 atom stereocenters. The lowest BCUT2D eigenvalue weighted by molar-refractivity contribution is -0.131. The fourth-order valence-corrected chi connectivity index (χ4v) is 3.94. The van der Waals surface area contributed by atoms with E-state index in [9.17, 15) is 4.79 Å². The molecule has 1 heterocycles. The van der Waals surface area contributed by atoms with Crippen LogP contribution in [0.4, 0.5) is 0 Å². The lowest BCUT2D eigenvalue weighted by atomic mass is 9.69. The summed E-state index contributed by atoms with van der Waals surface area (Å²) in [5.41, 5.74) is 3.97. The number of nitrogens with zero attached hydrogens (tertiary/aromatic N) is 1. The van der Waals surface area contributed by atoms with Crippen molar-refractivity contribution in [2.75, 3.05) is 0 Å². The van der Waals surface area contributed by atoms with E-state index >= 15 is 0 Å². The lowest BCUT2D eigenvalue weighted by Crippen LogP contribution is -2.32. The number of aromatic amines is 1. The van der Waals surface area contributed by atoms with Crippen molar-refractivity contribution >= 4 is 12.0 Å². The van der Waals surface area contributed by atoms with E-state index in [-0.39, 0.29) is 0 Å². The summed E-state index contributed by atoms with van der Waals surface area (Å²) in [4.78, 5) is 19.3. The molecule has 0 aliphatic heterocycles. The number of carboxylic acids is 1. The maximum atomic E-state index is 11.0. The fraction of sp³-hybridized carbons (Fsp3) is 0.0769. The predicted molar refractivity (Wildman–Crippen MR) is 118 cm³/mol. The Kier molecular flexibility index (Phi) is 5.31. The van der Waals surface area contributed by atoms with Crippen LogP contribution in [-0.2, 0) is 10.2 Å². The number of H-pyrrole nitrogens is 1. The first kappa shape index (κ1) is 19.4. The summed E-state index contributed by atoms with van der Waals surface area (Å²) in [6.07, 6.45) is 2.68. The van der Waals surface area contributed by atoms with E-state index < -0.39 is 11.4 Å². The molecule has 30 heavy (non-hydrogen) atoms. The highest BCUT2D eigenvalue weighted by molar-refractivity contribution is 5.85. The van der Waals surface area contributed by atoms with Crippen LogP contribution >= 0.6 is 0 Å². The normalized spacial score (nSPS) is 11.6. The van der Waals surface area contributed by atoms with E-state index in [4.69, 9.17) is 10.1 Å². The summed E-state index contributed by atoms with van der Waals surface area (Å²) < 4.78 is 0. The number of rotatable bonds is 6. The number of aryl methyl sites for hydroxylation is 1. The van der Waals surface area contributed by atoms with Crippen LogP contribution in [0, 0.1) is 6.92 Å². The van der Waals surface area contributed by atoms with Crippen molar-refractivity contribution in [3.05, 3.63) is 131 Å². The van der Waals surface area contributed by atoms with Gasteiger partial charge >= 0.3 is 5.97 Å². The number of carboxylic acid groups (broad SMARTS) is 1. The van der Waals surface area contributed by atoms with Gasteiger partial charge in [0.05, 0.1) is 11.4 Å². The van der Waals surface area contributed by atoms with Crippen molar-refractivity contribution < 1.29 is 9.90 Å². The number of nitrogens with one attached hydrogen (secondary N) is 1. The molecule has 0 radical (unpaired) electrons. The molecular formula is C26H22N2O2. The Bertz CT molecular complexity index is 1070. The Balaban J connectivity index is 2.06. The third kappa shape index (κ3) is 3.44. The number of aromatic nitrogens is 2. The first-order valence-corrected chi connectivity index (χ1v) is 9.77. The minimum atomic E-state index is -0.994. The molecular weight excluding hydrogens is 372 g/mol. The zero-order valence-electron chi connectivity index (χ0n) is 16.6. The second kappa shape index (κ2) is 8.21. The standard InChI is InChI=1S/C26H22N2O2/c1-19-23(17-18-24(29)30)28-25(27-19)26(20-11-5-2-6-12-20,21-13-7-3-8-14-21)22-15-9-4-10-16-22/h2-18H,1H3,(H,27,28)(H,29,30). The molecule has 0 fully saturated rings. The van der Waals surface area contributed by atoms with E-state index in [2.05, 4.69) is 41.4 Å². The van der Waals surface area contributed by atoms with Gasteiger partial charge in [-0.1, -0.05) is 91.0 Å². The van der Waals surface area contributed by atoms with Gasteiger partial charge in [-0.25, -0.2) is 9.78 Å².